The number of carbonyl (C=O) groups is 10. The van der Waals surface area contributed by atoms with Gasteiger partial charge in [0.15, 0.2) is 0 Å². The van der Waals surface area contributed by atoms with Crippen molar-refractivity contribution in [1.82, 2.24) is 47.5 Å². The molecule has 4 rings (SSSR count). The van der Waals surface area contributed by atoms with E-state index in [0.717, 1.165) is 32.5 Å². The number of benzene rings is 2. The Labute approximate surface area is 424 Å². The number of unbranched alkanes of at least 4 members (excludes halogenated alkanes) is 1. The van der Waals surface area contributed by atoms with Crippen molar-refractivity contribution in [3.05, 3.63) is 71.9 Å². The first-order valence-corrected chi connectivity index (χ1v) is 25.9. The zero-order chi connectivity index (χ0) is 53.1. The second-order valence-electron chi connectivity index (χ2n) is 17.7. The van der Waals surface area contributed by atoms with Crippen LogP contribution in [-0.4, -0.2) is 142 Å². The molecule has 9 atom stereocenters. The van der Waals surface area contributed by atoms with Crippen LogP contribution in [0.4, 0.5) is 0 Å². The molecule has 392 valence electrons. The molecule has 9 amide bonds. The molecule has 0 aliphatic carbocycles. The lowest BCUT2D eigenvalue weighted by Gasteiger charge is -2.28. The first-order chi connectivity index (χ1) is 34.2. The maximum absolute atomic E-state index is 14.7. The minimum absolute atomic E-state index is 0.0660. The van der Waals surface area contributed by atoms with E-state index in [1.807, 2.05) is 18.2 Å². The molecule has 23 nitrogen and oxygen atoms in total. The maximum atomic E-state index is 14.7. The summed E-state index contributed by atoms with van der Waals surface area (Å²) in [7, 11) is 1.88. The Morgan fingerprint density at radius 3 is 1.99 bits per heavy atom. The van der Waals surface area contributed by atoms with Crippen LogP contribution >= 0.6 is 21.6 Å². The van der Waals surface area contributed by atoms with Crippen LogP contribution in [0.5, 0.6) is 0 Å². The van der Waals surface area contributed by atoms with E-state index in [2.05, 4.69) is 47.5 Å². The van der Waals surface area contributed by atoms with E-state index in [1.165, 1.54) is 13.8 Å². The molecule has 0 bridgehead atoms. The predicted molar refractivity (Wildman–Crippen MR) is 271 cm³/mol. The van der Waals surface area contributed by atoms with Crippen LogP contribution < -0.4 is 59.7 Å². The SMILES string of the molecule is CC(C)[C@H](NC(=O)[C@@H]1CSSC[C@H](NC(=O)[C@H](CC(N)=O)NC(=O)[C@H](C)N)C(=O)N[C@@H](Cc2ccccc2)C(=O)N[C@@H](Cc2c[nH]c3ccccc23)C(=O)N[C@@H](CCCCN)C(=O)N[C@@H](C)C(=O)N1)C(=O)O. The van der Waals surface area contributed by atoms with Gasteiger partial charge < -0.3 is 69.8 Å². The number of primary amides is 1. The molecule has 2 aromatic carbocycles. The highest BCUT2D eigenvalue weighted by Gasteiger charge is 2.36. The highest BCUT2D eigenvalue weighted by molar-refractivity contribution is 8.76. The fourth-order valence-corrected chi connectivity index (χ4v) is 9.72. The lowest BCUT2D eigenvalue weighted by Crippen LogP contribution is -2.61. The number of aliphatic carboxylic acids is 1. The van der Waals surface area contributed by atoms with Crippen molar-refractivity contribution in [3.63, 3.8) is 0 Å². The Balaban J connectivity index is 1.83. The number of hydrogen-bond donors (Lipinski definition) is 13. The molecule has 0 saturated carbocycles. The van der Waals surface area contributed by atoms with Crippen LogP contribution in [0.2, 0.25) is 0 Å². The largest absolute Gasteiger partial charge is 0.480 e. The highest BCUT2D eigenvalue weighted by atomic mass is 33.1. The van der Waals surface area contributed by atoms with Gasteiger partial charge >= 0.3 is 5.97 Å². The quantitative estimate of drug-likeness (QED) is 0.0501. The van der Waals surface area contributed by atoms with Crippen molar-refractivity contribution >= 4 is 91.6 Å². The summed E-state index contributed by atoms with van der Waals surface area (Å²) < 4.78 is 0. The van der Waals surface area contributed by atoms with E-state index in [-0.39, 0.29) is 37.3 Å². The molecular weight excluding hydrogens is 973 g/mol. The zero-order valence-electron chi connectivity index (χ0n) is 40.5. The standard InChI is InChI=1S/C47H66N12O11S2/c1-24(2)38(47(69)70)59-46(68)36-23-72-71-22-35(58-44(66)34(20-37(50)60)54-39(61)25(3)49)45(67)55-32(18-27-12-6-5-7-13-27)42(64)56-33(19-28-21-51-30-15-9-8-14-29(28)30)43(65)53-31(16-10-11-17-48)41(63)52-26(4)40(62)57-36/h5-9,12-15,21,24-26,31-36,38,51H,10-11,16-20,22-23,48-49H2,1-4H3,(H2,50,60)(H,52,63)(H,53,65)(H,54,61)(H,55,67)(H,56,64)(H,57,62)(H,58,66)(H,59,68)(H,69,70)/t25-,26-,31-,32-,33-,34-,35-,36-,38-/m0/s1. The van der Waals surface area contributed by atoms with Crippen LogP contribution in [0, 0.1) is 5.92 Å². The predicted octanol–water partition coefficient (Wildman–Crippen LogP) is -1.66. The normalized spacial score (nSPS) is 22.1. The number of aromatic amines is 1. The lowest BCUT2D eigenvalue weighted by molar-refractivity contribution is -0.143. The zero-order valence-corrected chi connectivity index (χ0v) is 42.1. The topological polar surface area (TPSA) is 381 Å². The van der Waals surface area contributed by atoms with E-state index < -0.39 is 126 Å². The van der Waals surface area contributed by atoms with Crippen molar-refractivity contribution in [2.75, 3.05) is 18.1 Å². The first kappa shape index (κ1) is 57.9. The molecule has 3 aromatic rings. The van der Waals surface area contributed by atoms with Gasteiger partial charge in [-0.1, -0.05) is 84.0 Å². The average molecular weight is 1040 g/mol. The molecular formula is C47H66N12O11S2. The number of amides is 9. The van der Waals surface area contributed by atoms with E-state index in [4.69, 9.17) is 17.2 Å². The molecule has 0 spiro atoms. The Morgan fingerprint density at radius 1 is 0.736 bits per heavy atom. The molecule has 1 fully saturated rings. The van der Waals surface area contributed by atoms with Gasteiger partial charge in [0.2, 0.25) is 53.2 Å². The Kier molecular flexibility index (Phi) is 22.8. The lowest BCUT2D eigenvalue weighted by atomic mass is 10.0. The summed E-state index contributed by atoms with van der Waals surface area (Å²) in [6.45, 7) is 6.12. The Morgan fingerprint density at radius 2 is 1.35 bits per heavy atom. The third-order valence-corrected chi connectivity index (χ3v) is 13.9. The number of carboxylic acids is 1. The Hall–Kier alpha value is -6.70. The number of H-pyrrole nitrogens is 1. The van der Waals surface area contributed by atoms with Gasteiger partial charge in [-0.05, 0) is 62.8 Å². The van der Waals surface area contributed by atoms with Crippen molar-refractivity contribution in [2.24, 2.45) is 23.1 Å². The fraction of sp³-hybridized carbons (Fsp3) is 0.489. The summed E-state index contributed by atoms with van der Waals surface area (Å²) in [5.74, 6) is -10.3. The molecule has 16 N–H and O–H groups in total. The van der Waals surface area contributed by atoms with Crippen molar-refractivity contribution in [3.8, 4) is 0 Å². The van der Waals surface area contributed by atoms with E-state index >= 15 is 0 Å². The van der Waals surface area contributed by atoms with E-state index in [9.17, 15) is 53.1 Å². The number of carbonyl (C=O) groups excluding carboxylic acids is 9. The fourth-order valence-electron chi connectivity index (χ4n) is 7.40. The molecule has 1 aliphatic rings. The van der Waals surface area contributed by atoms with Crippen LogP contribution in [0.1, 0.15) is 64.5 Å². The number of hydrogen-bond acceptors (Lipinski definition) is 14. The van der Waals surface area contributed by atoms with Gasteiger partial charge in [-0.25, -0.2) is 4.79 Å². The van der Waals surface area contributed by atoms with Gasteiger partial charge in [0.05, 0.1) is 12.5 Å². The monoisotopic (exact) mass is 1040 g/mol. The maximum Gasteiger partial charge on any atom is 0.326 e. The van der Waals surface area contributed by atoms with Gasteiger partial charge in [-0.3, -0.25) is 43.2 Å². The number of nitrogens with two attached hydrogens (primary N) is 3. The highest BCUT2D eigenvalue weighted by Crippen LogP contribution is 2.24. The summed E-state index contributed by atoms with van der Waals surface area (Å²) >= 11 is 0. The average Bonchev–Trinajstić information content (AvgIpc) is 3.74. The van der Waals surface area contributed by atoms with Crippen LogP contribution in [0.15, 0.2) is 60.8 Å². The second-order valence-corrected chi connectivity index (χ2v) is 20.3. The number of fused-ring (bicyclic) bond motifs is 1. The second kappa shape index (κ2) is 28.4. The summed E-state index contributed by atoms with van der Waals surface area (Å²) in [4.78, 5) is 139. The van der Waals surface area contributed by atoms with Crippen LogP contribution in [0.25, 0.3) is 10.9 Å². The van der Waals surface area contributed by atoms with E-state index in [1.54, 1.807) is 56.4 Å². The molecule has 1 aliphatic heterocycles. The molecule has 2 heterocycles. The number of para-hydroxylation sites is 1. The van der Waals surface area contributed by atoms with E-state index in [0.29, 0.717) is 24.0 Å². The molecule has 25 heteroatoms. The molecule has 0 unspecified atom stereocenters. The third kappa shape index (κ3) is 17.9. The molecule has 1 saturated heterocycles. The summed E-state index contributed by atoms with van der Waals surface area (Å²) in [5, 5.41) is 31.3. The molecule has 1 aromatic heterocycles. The number of carboxylic acid groups (broad SMARTS) is 1. The summed E-state index contributed by atoms with van der Waals surface area (Å²) in [6, 6.07) is 3.48. The number of aromatic nitrogens is 1. The van der Waals surface area contributed by atoms with Crippen molar-refractivity contribution < 1.29 is 53.1 Å². The first-order valence-electron chi connectivity index (χ1n) is 23.4. The minimum atomic E-state index is -1.59. The molecule has 72 heavy (non-hydrogen) atoms. The van der Waals surface area contributed by atoms with Crippen LogP contribution in [0.3, 0.4) is 0 Å². The third-order valence-electron chi connectivity index (χ3n) is 11.5. The van der Waals surface area contributed by atoms with Crippen molar-refractivity contribution in [1.29, 1.82) is 0 Å². The number of rotatable bonds is 18. The van der Waals surface area contributed by atoms with Gasteiger partial charge in [0.25, 0.3) is 0 Å². The van der Waals surface area contributed by atoms with Crippen LogP contribution in [-0.2, 0) is 60.8 Å². The van der Waals surface area contributed by atoms with Gasteiger partial charge in [0.1, 0.15) is 48.3 Å². The van der Waals surface area contributed by atoms with Gasteiger partial charge in [0, 0.05) is 41.4 Å². The number of nitrogens with one attached hydrogen (secondary N) is 9. The van der Waals surface area contributed by atoms with Gasteiger partial charge in [-0.15, -0.1) is 0 Å². The molecule has 0 radical (unpaired) electrons. The Bertz CT molecular complexity index is 2410. The minimum Gasteiger partial charge on any atom is -0.480 e. The summed E-state index contributed by atoms with van der Waals surface area (Å²) in [6.07, 6.45) is 1.68. The van der Waals surface area contributed by atoms with Crippen molar-refractivity contribution in [2.45, 2.75) is 121 Å². The summed E-state index contributed by atoms with van der Waals surface area (Å²) in [5.41, 5.74) is 18.9. The van der Waals surface area contributed by atoms with Gasteiger partial charge in [-0.2, -0.15) is 0 Å². The smallest absolute Gasteiger partial charge is 0.326 e.